The molecule has 146 valence electrons. The van der Waals surface area contributed by atoms with Crippen LogP contribution in [0.1, 0.15) is 24.6 Å². The Hall–Kier alpha value is -3.13. The van der Waals surface area contributed by atoms with E-state index in [2.05, 4.69) is 15.3 Å². The van der Waals surface area contributed by atoms with E-state index in [0.29, 0.717) is 17.3 Å². The van der Waals surface area contributed by atoms with Crippen LogP contribution in [-0.4, -0.2) is 40.2 Å². The molecule has 8 heteroatoms. The lowest BCUT2D eigenvalue weighted by Gasteiger charge is -2.26. The summed E-state index contributed by atoms with van der Waals surface area (Å²) in [6.07, 6.45) is 3.87. The summed E-state index contributed by atoms with van der Waals surface area (Å²) in [6.45, 7) is 2.04. The van der Waals surface area contributed by atoms with Crippen LogP contribution in [0.4, 0.5) is 0 Å². The van der Waals surface area contributed by atoms with Crippen LogP contribution < -0.4 is 16.4 Å². The van der Waals surface area contributed by atoms with E-state index >= 15 is 0 Å². The molecule has 1 amide bonds. The number of aromatic amines is 1. The van der Waals surface area contributed by atoms with Crippen molar-refractivity contribution in [2.75, 3.05) is 19.6 Å². The summed E-state index contributed by atoms with van der Waals surface area (Å²) in [5, 5.41) is 5.96. The van der Waals surface area contributed by atoms with Crippen molar-refractivity contribution < 1.29 is 9.21 Å². The first-order valence-electron chi connectivity index (χ1n) is 9.39. The molecule has 8 nitrogen and oxygen atoms in total. The smallest absolute Gasteiger partial charge is 0.273 e. The minimum Gasteiger partial charge on any atom is -0.468 e. The minimum absolute atomic E-state index is 0.0474. The number of hydrogen-bond acceptors (Lipinski definition) is 5. The van der Waals surface area contributed by atoms with Crippen molar-refractivity contribution >= 4 is 16.7 Å². The Morgan fingerprint density at radius 1 is 1.11 bits per heavy atom. The van der Waals surface area contributed by atoms with Crippen LogP contribution in [0.2, 0.25) is 0 Å². The van der Waals surface area contributed by atoms with Gasteiger partial charge >= 0.3 is 0 Å². The maximum Gasteiger partial charge on any atom is 0.273 e. The van der Waals surface area contributed by atoms with Crippen molar-refractivity contribution in [2.24, 2.45) is 0 Å². The first-order valence-corrected chi connectivity index (χ1v) is 9.39. The highest BCUT2D eigenvalue weighted by Crippen LogP contribution is 2.24. The zero-order valence-electron chi connectivity index (χ0n) is 15.4. The van der Waals surface area contributed by atoms with Crippen molar-refractivity contribution in [3.8, 4) is 0 Å². The van der Waals surface area contributed by atoms with Crippen LogP contribution in [0.5, 0.6) is 0 Å². The number of hydrogen-bond donors (Lipinski definition) is 2. The molecular weight excluding hydrogens is 360 g/mol. The van der Waals surface area contributed by atoms with Gasteiger partial charge in [-0.05, 0) is 50.2 Å². The van der Waals surface area contributed by atoms with Gasteiger partial charge in [0, 0.05) is 6.54 Å². The Morgan fingerprint density at radius 3 is 2.57 bits per heavy atom. The van der Waals surface area contributed by atoms with Gasteiger partial charge in [-0.2, -0.15) is 0 Å². The molecule has 3 aromatic rings. The summed E-state index contributed by atoms with van der Waals surface area (Å²) >= 11 is 0. The third-order valence-electron chi connectivity index (χ3n) is 5.13. The molecule has 1 saturated heterocycles. The van der Waals surface area contributed by atoms with E-state index in [0.717, 1.165) is 36.4 Å². The Labute approximate surface area is 160 Å². The summed E-state index contributed by atoms with van der Waals surface area (Å²) < 4.78 is 6.60. The van der Waals surface area contributed by atoms with Crippen LogP contribution in [-0.2, 0) is 11.3 Å². The maximum absolute atomic E-state index is 12.5. The molecule has 1 aliphatic heterocycles. The van der Waals surface area contributed by atoms with Crippen molar-refractivity contribution in [3.63, 3.8) is 0 Å². The second-order valence-corrected chi connectivity index (χ2v) is 6.96. The molecule has 0 bridgehead atoms. The van der Waals surface area contributed by atoms with Gasteiger partial charge in [-0.15, -0.1) is 0 Å². The standard InChI is InChI=1S/C20H22N4O4/c25-18(13-24-20(27)15-7-2-1-6-14(15)19(26)22-24)21-12-16(17-8-5-11-28-17)23-9-3-4-10-23/h1-2,5-8,11,16H,3-4,9-10,12-13H2,(H,21,25)(H,22,26)/t16-/m0/s1. The normalized spacial score (nSPS) is 15.7. The molecule has 1 fully saturated rings. The Balaban J connectivity index is 1.48. The fourth-order valence-corrected chi connectivity index (χ4v) is 3.71. The number of nitrogens with one attached hydrogen (secondary N) is 2. The van der Waals surface area contributed by atoms with E-state index in [4.69, 9.17) is 4.42 Å². The number of carbonyl (C=O) groups is 1. The first-order chi connectivity index (χ1) is 13.6. The van der Waals surface area contributed by atoms with E-state index in [1.807, 2.05) is 12.1 Å². The van der Waals surface area contributed by atoms with Crippen LogP contribution in [0.25, 0.3) is 10.8 Å². The average molecular weight is 382 g/mol. The number of H-pyrrole nitrogens is 1. The topological polar surface area (TPSA) is 100 Å². The lowest BCUT2D eigenvalue weighted by atomic mass is 10.2. The summed E-state index contributed by atoms with van der Waals surface area (Å²) in [5.74, 6) is 0.460. The van der Waals surface area contributed by atoms with Crippen LogP contribution >= 0.6 is 0 Å². The van der Waals surface area contributed by atoms with E-state index in [1.165, 1.54) is 0 Å². The highest BCUT2D eigenvalue weighted by molar-refractivity contribution is 5.81. The van der Waals surface area contributed by atoms with Crippen molar-refractivity contribution in [1.29, 1.82) is 0 Å². The van der Waals surface area contributed by atoms with Crippen molar-refractivity contribution in [2.45, 2.75) is 25.4 Å². The molecule has 0 spiro atoms. The van der Waals surface area contributed by atoms with Gasteiger partial charge in [-0.25, -0.2) is 4.68 Å². The van der Waals surface area contributed by atoms with Gasteiger partial charge in [-0.3, -0.25) is 24.4 Å². The number of likely N-dealkylation sites (tertiary alicyclic amines) is 1. The molecule has 1 atom stereocenters. The fraction of sp³-hybridized carbons (Fsp3) is 0.350. The molecule has 2 N–H and O–H groups in total. The zero-order chi connectivity index (χ0) is 19.5. The molecule has 1 aliphatic rings. The van der Waals surface area contributed by atoms with Crippen LogP contribution in [0.15, 0.2) is 56.7 Å². The van der Waals surface area contributed by atoms with Gasteiger partial charge < -0.3 is 9.73 Å². The molecule has 0 saturated carbocycles. The third-order valence-corrected chi connectivity index (χ3v) is 5.13. The summed E-state index contributed by atoms with van der Waals surface area (Å²) in [6, 6.07) is 10.2. The first kappa shape index (κ1) is 18.2. The molecule has 0 unspecified atom stereocenters. The van der Waals surface area contributed by atoms with Crippen molar-refractivity contribution in [1.82, 2.24) is 20.0 Å². The Bertz CT molecular complexity index is 1080. The summed E-state index contributed by atoms with van der Waals surface area (Å²) in [5.41, 5.74) is -0.791. The predicted molar refractivity (Wildman–Crippen MR) is 104 cm³/mol. The van der Waals surface area contributed by atoms with Crippen LogP contribution in [0.3, 0.4) is 0 Å². The molecule has 0 radical (unpaired) electrons. The van der Waals surface area contributed by atoms with Crippen LogP contribution in [0, 0.1) is 0 Å². The van der Waals surface area contributed by atoms with Gasteiger partial charge in [0.1, 0.15) is 12.3 Å². The second-order valence-electron chi connectivity index (χ2n) is 6.96. The highest BCUT2D eigenvalue weighted by atomic mass is 16.3. The predicted octanol–water partition coefficient (Wildman–Crippen LogP) is 1.24. The number of nitrogens with zero attached hydrogens (tertiary/aromatic N) is 2. The number of amides is 1. The molecule has 3 heterocycles. The number of furan rings is 1. The number of carbonyl (C=O) groups excluding carboxylic acids is 1. The van der Waals surface area contributed by atoms with E-state index < -0.39 is 11.1 Å². The van der Waals surface area contributed by atoms with E-state index in [-0.39, 0.29) is 18.5 Å². The number of rotatable bonds is 6. The molecule has 0 aliphatic carbocycles. The SMILES string of the molecule is O=C(Cn1[nH]c(=O)c2ccccc2c1=O)NC[C@@H](c1ccco1)N1CCCC1. The minimum atomic E-state index is -0.396. The second kappa shape index (κ2) is 7.85. The molecule has 1 aromatic carbocycles. The van der Waals surface area contributed by atoms with Gasteiger partial charge in [-0.1, -0.05) is 12.1 Å². The van der Waals surface area contributed by atoms with Gasteiger partial charge in [0.05, 0.1) is 23.1 Å². The zero-order valence-corrected chi connectivity index (χ0v) is 15.4. The number of aromatic nitrogens is 2. The fourth-order valence-electron chi connectivity index (χ4n) is 3.71. The van der Waals surface area contributed by atoms with Gasteiger partial charge in [0.2, 0.25) is 5.91 Å². The van der Waals surface area contributed by atoms with E-state index in [1.54, 1.807) is 30.5 Å². The largest absolute Gasteiger partial charge is 0.468 e. The Morgan fingerprint density at radius 2 is 1.86 bits per heavy atom. The van der Waals surface area contributed by atoms with E-state index in [9.17, 15) is 14.4 Å². The number of fused-ring (bicyclic) bond motifs is 1. The van der Waals surface area contributed by atoms with Gasteiger partial charge in [0.25, 0.3) is 11.1 Å². The Kier molecular flexibility index (Phi) is 5.12. The molecule has 2 aromatic heterocycles. The van der Waals surface area contributed by atoms with Crippen molar-refractivity contribution in [3.05, 3.63) is 69.1 Å². The van der Waals surface area contributed by atoms with Gasteiger partial charge in [0.15, 0.2) is 0 Å². The molecule has 4 rings (SSSR count). The molecule has 28 heavy (non-hydrogen) atoms. The summed E-state index contributed by atoms with van der Waals surface area (Å²) in [7, 11) is 0. The highest BCUT2D eigenvalue weighted by Gasteiger charge is 2.26. The average Bonchev–Trinajstić information content (AvgIpc) is 3.41. The quantitative estimate of drug-likeness (QED) is 0.668. The monoisotopic (exact) mass is 382 g/mol. The molecular formula is C20H22N4O4. The summed E-state index contributed by atoms with van der Waals surface area (Å²) in [4.78, 5) is 39.4. The lowest BCUT2D eigenvalue weighted by Crippen LogP contribution is -2.40. The third kappa shape index (κ3) is 3.63. The maximum atomic E-state index is 12.5. The number of benzene rings is 1. The lowest BCUT2D eigenvalue weighted by molar-refractivity contribution is -0.122.